The second-order valence-corrected chi connectivity index (χ2v) is 8.44. The van der Waals surface area contributed by atoms with Crippen molar-refractivity contribution in [1.82, 2.24) is 9.36 Å². The van der Waals surface area contributed by atoms with Crippen LogP contribution in [0.5, 0.6) is 0 Å². The molecule has 0 saturated heterocycles. The van der Waals surface area contributed by atoms with Crippen LogP contribution < -0.4 is 16.2 Å². The van der Waals surface area contributed by atoms with Gasteiger partial charge in [0.1, 0.15) is 15.0 Å². The summed E-state index contributed by atoms with van der Waals surface area (Å²) in [5, 5.41) is 5.87. The van der Waals surface area contributed by atoms with Crippen molar-refractivity contribution in [2.24, 2.45) is 5.84 Å². The van der Waals surface area contributed by atoms with Gasteiger partial charge in [-0.2, -0.15) is 4.37 Å². The number of nitrogens with one attached hydrogen (secondary N) is 1. The number of benzene rings is 2. The van der Waals surface area contributed by atoms with Crippen molar-refractivity contribution < 1.29 is 4.79 Å². The van der Waals surface area contributed by atoms with Crippen LogP contribution in [0.25, 0.3) is 20.8 Å². The number of hydrogen-bond acceptors (Lipinski definition) is 7. The number of halogens is 1. The molecule has 0 unspecified atom stereocenters. The topological polar surface area (TPSA) is 84.1 Å². The van der Waals surface area contributed by atoms with E-state index in [0.717, 1.165) is 32.3 Å². The van der Waals surface area contributed by atoms with Crippen LogP contribution in [0.2, 0.25) is 5.02 Å². The molecule has 4 rings (SSSR count). The Morgan fingerprint density at radius 3 is 2.64 bits per heavy atom. The average molecular weight is 430 g/mol. The number of carbonyl (C=O) groups is 1. The minimum Gasteiger partial charge on any atom is -0.321 e. The first-order chi connectivity index (χ1) is 13.4. The van der Waals surface area contributed by atoms with E-state index in [0.29, 0.717) is 10.7 Å². The van der Waals surface area contributed by atoms with Gasteiger partial charge in [0, 0.05) is 18.3 Å². The Hall–Kier alpha value is -2.52. The zero-order chi connectivity index (χ0) is 19.8. The third-order valence-electron chi connectivity index (χ3n) is 4.09. The number of fused-ring (bicyclic) bond motifs is 1. The predicted molar refractivity (Wildman–Crippen MR) is 117 cm³/mol. The highest BCUT2D eigenvalue weighted by Crippen LogP contribution is 2.33. The highest BCUT2D eigenvalue weighted by molar-refractivity contribution is 7.21. The maximum Gasteiger partial charge on any atom is 0.277 e. The van der Waals surface area contributed by atoms with Crippen LogP contribution in [0, 0.1) is 6.92 Å². The lowest BCUT2D eigenvalue weighted by molar-refractivity contribution is 0.102. The first-order valence-corrected chi connectivity index (χ1v) is 10.3. The van der Waals surface area contributed by atoms with Crippen LogP contribution in [-0.2, 0) is 0 Å². The fourth-order valence-electron chi connectivity index (χ4n) is 2.67. The standard InChI is InChI=1S/C19H16ClN5OS2/c1-10-3-8-13-14(9-10)27-18(23-13)11-4-6-12(7-5-11)22-17(26)16-15(20)19(25(2)21)28-24-16/h3-9H,21H2,1-2H3,(H,22,26). The minimum absolute atomic E-state index is 0.157. The quantitative estimate of drug-likeness (QED) is 0.354. The Morgan fingerprint density at radius 1 is 1.21 bits per heavy atom. The molecule has 0 saturated carbocycles. The van der Waals surface area contributed by atoms with Crippen LogP contribution in [-0.4, -0.2) is 22.3 Å². The van der Waals surface area contributed by atoms with Gasteiger partial charge in [0.05, 0.1) is 10.2 Å². The maximum atomic E-state index is 12.5. The van der Waals surface area contributed by atoms with E-state index in [4.69, 9.17) is 17.4 Å². The molecule has 9 heteroatoms. The summed E-state index contributed by atoms with van der Waals surface area (Å²) in [6.45, 7) is 2.07. The van der Waals surface area contributed by atoms with Gasteiger partial charge < -0.3 is 10.3 Å². The van der Waals surface area contributed by atoms with Crippen LogP contribution >= 0.6 is 34.5 Å². The Morgan fingerprint density at radius 2 is 1.96 bits per heavy atom. The molecule has 0 aliphatic heterocycles. The number of amides is 1. The molecule has 142 valence electrons. The molecule has 2 aromatic heterocycles. The normalized spacial score (nSPS) is 11.0. The fourth-order valence-corrected chi connectivity index (χ4v) is 4.81. The molecule has 0 radical (unpaired) electrons. The number of nitrogens with two attached hydrogens (primary N) is 1. The molecular weight excluding hydrogens is 414 g/mol. The van der Waals surface area contributed by atoms with Crippen LogP contribution in [0.3, 0.4) is 0 Å². The molecule has 4 aromatic rings. The maximum absolute atomic E-state index is 12.5. The Kier molecular flexibility index (Phi) is 5.03. The lowest BCUT2D eigenvalue weighted by Gasteiger charge is -2.08. The van der Waals surface area contributed by atoms with Crippen molar-refractivity contribution in [3.63, 3.8) is 0 Å². The van der Waals surface area contributed by atoms with Crippen LogP contribution in [0.1, 0.15) is 16.1 Å². The third kappa shape index (κ3) is 3.59. The zero-order valence-electron chi connectivity index (χ0n) is 15.1. The molecule has 0 aliphatic carbocycles. The molecule has 0 fully saturated rings. The number of thiazole rings is 1. The molecule has 0 aliphatic rings. The lowest BCUT2D eigenvalue weighted by atomic mass is 10.2. The lowest BCUT2D eigenvalue weighted by Crippen LogP contribution is -2.24. The van der Waals surface area contributed by atoms with E-state index < -0.39 is 0 Å². The summed E-state index contributed by atoms with van der Waals surface area (Å²) in [5.41, 5.74) is 4.00. The number of hydrogen-bond donors (Lipinski definition) is 2. The monoisotopic (exact) mass is 429 g/mol. The SMILES string of the molecule is Cc1ccc2nc(-c3ccc(NC(=O)c4nsc(N(C)N)c4Cl)cc3)sc2c1. The summed E-state index contributed by atoms with van der Waals surface area (Å²) in [4.78, 5) is 17.1. The van der Waals surface area contributed by atoms with Gasteiger partial charge in [0.15, 0.2) is 5.69 Å². The van der Waals surface area contributed by atoms with Crippen molar-refractivity contribution >= 4 is 61.3 Å². The molecule has 0 atom stereocenters. The number of rotatable bonds is 4. The highest BCUT2D eigenvalue weighted by atomic mass is 35.5. The molecule has 0 bridgehead atoms. The van der Waals surface area contributed by atoms with Gasteiger partial charge in [-0.05, 0) is 60.4 Å². The van der Waals surface area contributed by atoms with Gasteiger partial charge in [-0.15, -0.1) is 11.3 Å². The average Bonchev–Trinajstić information content (AvgIpc) is 3.25. The Labute approximate surface area is 174 Å². The van der Waals surface area contributed by atoms with Crippen molar-refractivity contribution in [3.05, 3.63) is 58.7 Å². The van der Waals surface area contributed by atoms with Crippen molar-refractivity contribution in [3.8, 4) is 10.6 Å². The molecular formula is C19H16ClN5OS2. The number of aryl methyl sites for hydroxylation is 1. The highest BCUT2D eigenvalue weighted by Gasteiger charge is 2.20. The summed E-state index contributed by atoms with van der Waals surface area (Å²) in [6.07, 6.45) is 0. The molecule has 2 heterocycles. The van der Waals surface area contributed by atoms with E-state index in [9.17, 15) is 4.79 Å². The third-order valence-corrected chi connectivity index (χ3v) is 6.56. The number of nitrogens with zero attached hydrogens (tertiary/aromatic N) is 3. The molecule has 2 aromatic carbocycles. The summed E-state index contributed by atoms with van der Waals surface area (Å²) in [5.74, 6) is 5.29. The zero-order valence-corrected chi connectivity index (χ0v) is 17.5. The summed E-state index contributed by atoms with van der Waals surface area (Å²) < 4.78 is 5.26. The van der Waals surface area contributed by atoms with E-state index in [1.54, 1.807) is 18.4 Å². The smallest absolute Gasteiger partial charge is 0.277 e. The molecule has 6 nitrogen and oxygen atoms in total. The summed E-state index contributed by atoms with van der Waals surface area (Å²) >= 11 is 8.92. The number of carbonyl (C=O) groups excluding carboxylic acids is 1. The fraction of sp³-hybridized carbons (Fsp3) is 0.105. The number of aromatic nitrogens is 2. The summed E-state index contributed by atoms with van der Waals surface area (Å²) in [7, 11) is 1.64. The van der Waals surface area contributed by atoms with E-state index in [1.165, 1.54) is 10.6 Å². The van der Waals surface area contributed by atoms with Crippen molar-refractivity contribution in [2.45, 2.75) is 6.92 Å². The second-order valence-electron chi connectivity index (χ2n) is 6.28. The van der Waals surface area contributed by atoms with Crippen molar-refractivity contribution in [1.29, 1.82) is 0 Å². The predicted octanol–water partition coefficient (Wildman–Crippen LogP) is 4.94. The molecule has 1 amide bonds. The Balaban J connectivity index is 1.53. The second kappa shape index (κ2) is 7.48. The first-order valence-electron chi connectivity index (χ1n) is 8.35. The number of anilines is 2. The van der Waals surface area contributed by atoms with E-state index in [2.05, 4.69) is 33.7 Å². The van der Waals surface area contributed by atoms with Gasteiger partial charge in [0.2, 0.25) is 0 Å². The van der Waals surface area contributed by atoms with Crippen LogP contribution in [0.4, 0.5) is 10.7 Å². The van der Waals surface area contributed by atoms with E-state index >= 15 is 0 Å². The van der Waals surface area contributed by atoms with Crippen LogP contribution in [0.15, 0.2) is 42.5 Å². The summed E-state index contributed by atoms with van der Waals surface area (Å²) in [6, 6.07) is 13.8. The largest absolute Gasteiger partial charge is 0.321 e. The van der Waals surface area contributed by atoms with Gasteiger partial charge in [-0.3, -0.25) is 4.79 Å². The molecule has 0 spiro atoms. The first kappa shape index (κ1) is 18.8. The molecule has 28 heavy (non-hydrogen) atoms. The Bertz CT molecular complexity index is 1170. The molecule has 3 N–H and O–H groups in total. The van der Waals surface area contributed by atoms with E-state index in [1.807, 2.05) is 30.3 Å². The van der Waals surface area contributed by atoms with Crippen molar-refractivity contribution in [2.75, 3.05) is 17.4 Å². The number of hydrazine groups is 1. The van der Waals surface area contributed by atoms with E-state index in [-0.39, 0.29) is 16.6 Å². The van der Waals surface area contributed by atoms with Gasteiger partial charge in [0.25, 0.3) is 5.91 Å². The minimum atomic E-state index is -0.377. The van der Waals surface area contributed by atoms with Gasteiger partial charge in [-0.25, -0.2) is 10.8 Å². The van der Waals surface area contributed by atoms with Gasteiger partial charge >= 0.3 is 0 Å². The van der Waals surface area contributed by atoms with Gasteiger partial charge in [-0.1, -0.05) is 17.7 Å².